The summed E-state index contributed by atoms with van der Waals surface area (Å²) in [4.78, 5) is 18.3. The molecule has 2 aromatic rings. The van der Waals surface area contributed by atoms with Crippen LogP contribution in [0, 0.1) is 13.8 Å². The number of ether oxygens (including phenoxy) is 1. The molecule has 4 nitrogen and oxygen atoms in total. The number of fused-ring (bicyclic) bond motifs is 1. The van der Waals surface area contributed by atoms with Crippen molar-refractivity contribution >= 4 is 28.6 Å². The number of pyridine rings is 1. The van der Waals surface area contributed by atoms with Crippen molar-refractivity contribution in [3.05, 3.63) is 41.1 Å². The second-order valence-electron chi connectivity index (χ2n) is 5.51. The molecule has 2 rings (SSSR count). The van der Waals surface area contributed by atoms with Crippen LogP contribution in [0.25, 0.3) is 17.0 Å². The summed E-state index contributed by atoms with van der Waals surface area (Å²) in [7, 11) is 4.04. The molecule has 0 radical (unpaired) electrons. The Morgan fingerprint density at radius 3 is 2.64 bits per heavy atom. The van der Waals surface area contributed by atoms with Crippen LogP contribution in [0.4, 0.5) is 5.69 Å². The molecule has 0 saturated heterocycles. The number of rotatable bonds is 4. The zero-order valence-electron chi connectivity index (χ0n) is 13.8. The van der Waals surface area contributed by atoms with E-state index in [-0.39, 0.29) is 5.97 Å². The van der Waals surface area contributed by atoms with Gasteiger partial charge in [0.1, 0.15) is 0 Å². The van der Waals surface area contributed by atoms with Gasteiger partial charge in [-0.1, -0.05) is 0 Å². The van der Waals surface area contributed by atoms with E-state index in [0.29, 0.717) is 6.61 Å². The van der Waals surface area contributed by atoms with Gasteiger partial charge in [-0.3, -0.25) is 4.98 Å². The molecule has 1 heterocycles. The van der Waals surface area contributed by atoms with Crippen molar-refractivity contribution in [1.82, 2.24) is 4.98 Å². The molecular formula is C18H22N2O2. The molecular weight excluding hydrogens is 276 g/mol. The summed E-state index contributed by atoms with van der Waals surface area (Å²) in [6, 6.07) is 6.23. The smallest absolute Gasteiger partial charge is 0.330 e. The molecule has 1 aromatic carbocycles. The predicted octanol–water partition coefficient (Wildman–Crippen LogP) is 3.49. The minimum atomic E-state index is -0.336. The maximum atomic E-state index is 11.5. The Hall–Kier alpha value is -2.36. The lowest BCUT2D eigenvalue weighted by Gasteiger charge is -2.17. The third-order valence-corrected chi connectivity index (χ3v) is 3.36. The molecule has 0 unspecified atom stereocenters. The minimum Gasteiger partial charge on any atom is -0.463 e. The van der Waals surface area contributed by atoms with Crippen LogP contribution in [0.1, 0.15) is 23.7 Å². The Balaban J connectivity index is 2.62. The summed E-state index contributed by atoms with van der Waals surface area (Å²) in [6.07, 6.45) is 3.23. The van der Waals surface area contributed by atoms with Gasteiger partial charge >= 0.3 is 5.97 Å². The summed E-state index contributed by atoms with van der Waals surface area (Å²) in [5.41, 5.74) is 5.03. The average Bonchev–Trinajstić information content (AvgIpc) is 2.44. The molecule has 0 atom stereocenters. The first-order valence-corrected chi connectivity index (χ1v) is 7.36. The van der Waals surface area contributed by atoms with Crippen molar-refractivity contribution in [3.8, 4) is 0 Å². The first-order valence-electron chi connectivity index (χ1n) is 7.36. The number of aryl methyl sites for hydroxylation is 2. The molecule has 4 heteroatoms. The Kier molecular flexibility index (Phi) is 4.81. The van der Waals surface area contributed by atoms with E-state index in [1.54, 1.807) is 13.0 Å². The molecule has 0 spiro atoms. The lowest BCUT2D eigenvalue weighted by molar-refractivity contribution is -0.137. The van der Waals surface area contributed by atoms with Gasteiger partial charge in [0, 0.05) is 42.5 Å². The lowest BCUT2D eigenvalue weighted by atomic mass is 10.0. The van der Waals surface area contributed by atoms with Gasteiger partial charge in [0.15, 0.2) is 0 Å². The van der Waals surface area contributed by atoms with E-state index in [4.69, 9.17) is 4.74 Å². The standard InChI is InChI=1S/C18H22N2O2/c1-6-22-17(21)8-7-14-9-12(2)10-15-16(20(4)5)11-13(3)19-18(14)15/h7-11H,6H2,1-5H3/b8-7+. The van der Waals surface area contributed by atoms with E-state index in [1.165, 1.54) is 6.08 Å². The number of hydrogen-bond donors (Lipinski definition) is 0. The molecule has 0 saturated carbocycles. The van der Waals surface area contributed by atoms with Crippen LogP contribution in [0.3, 0.4) is 0 Å². The normalized spacial score (nSPS) is 11.1. The molecule has 116 valence electrons. The summed E-state index contributed by atoms with van der Waals surface area (Å²) >= 11 is 0. The number of carbonyl (C=O) groups is 1. The third kappa shape index (κ3) is 3.45. The highest BCUT2D eigenvalue weighted by atomic mass is 16.5. The van der Waals surface area contributed by atoms with E-state index in [2.05, 4.69) is 22.0 Å². The summed E-state index contributed by atoms with van der Waals surface area (Å²) in [5, 5.41) is 1.08. The van der Waals surface area contributed by atoms with Gasteiger partial charge in [0.05, 0.1) is 12.1 Å². The first-order chi connectivity index (χ1) is 10.4. The van der Waals surface area contributed by atoms with Gasteiger partial charge in [0.25, 0.3) is 0 Å². The zero-order valence-corrected chi connectivity index (χ0v) is 13.8. The second-order valence-corrected chi connectivity index (χ2v) is 5.51. The quantitative estimate of drug-likeness (QED) is 0.640. The van der Waals surface area contributed by atoms with Crippen molar-refractivity contribution in [2.24, 2.45) is 0 Å². The van der Waals surface area contributed by atoms with Crippen molar-refractivity contribution in [1.29, 1.82) is 0 Å². The molecule has 1 aromatic heterocycles. The van der Waals surface area contributed by atoms with Gasteiger partial charge < -0.3 is 9.64 Å². The average molecular weight is 298 g/mol. The van der Waals surface area contributed by atoms with Crippen molar-refractivity contribution in [2.75, 3.05) is 25.6 Å². The number of carbonyl (C=O) groups excluding carboxylic acids is 1. The Morgan fingerprint density at radius 1 is 1.27 bits per heavy atom. The summed E-state index contributed by atoms with van der Waals surface area (Å²) in [6.45, 7) is 6.19. The highest BCUT2D eigenvalue weighted by molar-refractivity contribution is 5.99. The Morgan fingerprint density at radius 2 is 2.00 bits per heavy atom. The Labute approximate surface area is 131 Å². The van der Waals surface area contributed by atoms with E-state index in [0.717, 1.165) is 33.4 Å². The molecule has 0 aliphatic heterocycles. The van der Waals surface area contributed by atoms with E-state index in [1.807, 2.05) is 34.0 Å². The number of nitrogens with zero attached hydrogens (tertiary/aromatic N) is 2. The fraction of sp³-hybridized carbons (Fsp3) is 0.333. The molecule has 0 N–H and O–H groups in total. The highest BCUT2D eigenvalue weighted by Crippen LogP contribution is 2.29. The molecule has 22 heavy (non-hydrogen) atoms. The van der Waals surface area contributed by atoms with Gasteiger partial charge in [-0.05, 0) is 50.6 Å². The Bertz CT molecular complexity index is 733. The fourth-order valence-corrected chi connectivity index (χ4v) is 2.46. The van der Waals surface area contributed by atoms with Crippen molar-refractivity contribution in [2.45, 2.75) is 20.8 Å². The summed E-state index contributed by atoms with van der Waals surface area (Å²) in [5.74, 6) is -0.336. The lowest BCUT2D eigenvalue weighted by Crippen LogP contribution is -2.10. The van der Waals surface area contributed by atoms with E-state index < -0.39 is 0 Å². The zero-order chi connectivity index (χ0) is 16.3. The van der Waals surface area contributed by atoms with Crippen LogP contribution in [0.15, 0.2) is 24.3 Å². The topological polar surface area (TPSA) is 42.4 Å². The van der Waals surface area contributed by atoms with Gasteiger partial charge in [-0.2, -0.15) is 0 Å². The van der Waals surface area contributed by atoms with Gasteiger partial charge in [-0.15, -0.1) is 0 Å². The number of aromatic nitrogens is 1. The van der Waals surface area contributed by atoms with Crippen LogP contribution in [-0.2, 0) is 9.53 Å². The highest BCUT2D eigenvalue weighted by Gasteiger charge is 2.10. The van der Waals surface area contributed by atoms with Gasteiger partial charge in [0.2, 0.25) is 0 Å². The maximum Gasteiger partial charge on any atom is 0.330 e. The second kappa shape index (κ2) is 6.60. The van der Waals surface area contributed by atoms with Crippen LogP contribution in [0.5, 0.6) is 0 Å². The van der Waals surface area contributed by atoms with Crippen LogP contribution < -0.4 is 4.90 Å². The SMILES string of the molecule is CCOC(=O)/C=C/c1cc(C)cc2c(N(C)C)cc(C)nc12. The fourth-order valence-electron chi connectivity index (χ4n) is 2.46. The van der Waals surface area contributed by atoms with Crippen molar-refractivity contribution < 1.29 is 9.53 Å². The monoisotopic (exact) mass is 298 g/mol. The number of anilines is 1. The van der Waals surface area contributed by atoms with Crippen LogP contribution in [0.2, 0.25) is 0 Å². The summed E-state index contributed by atoms with van der Waals surface area (Å²) < 4.78 is 4.94. The largest absolute Gasteiger partial charge is 0.463 e. The maximum absolute atomic E-state index is 11.5. The van der Waals surface area contributed by atoms with Crippen LogP contribution >= 0.6 is 0 Å². The molecule has 0 aliphatic rings. The van der Waals surface area contributed by atoms with Crippen molar-refractivity contribution in [3.63, 3.8) is 0 Å². The minimum absolute atomic E-state index is 0.336. The predicted molar refractivity (Wildman–Crippen MR) is 91.2 cm³/mol. The first kappa shape index (κ1) is 16.0. The van der Waals surface area contributed by atoms with E-state index in [9.17, 15) is 4.79 Å². The molecule has 0 bridgehead atoms. The molecule has 0 fully saturated rings. The van der Waals surface area contributed by atoms with Crippen LogP contribution in [-0.4, -0.2) is 31.7 Å². The number of hydrogen-bond acceptors (Lipinski definition) is 4. The number of esters is 1. The van der Waals surface area contributed by atoms with E-state index >= 15 is 0 Å². The third-order valence-electron chi connectivity index (χ3n) is 3.36. The molecule has 0 amide bonds. The molecule has 0 aliphatic carbocycles. The van der Waals surface area contributed by atoms with Gasteiger partial charge in [-0.25, -0.2) is 4.79 Å². The number of benzene rings is 1.